The Kier molecular flexibility index (Phi) is 4.88. The Bertz CT molecular complexity index is 664. The molecule has 9 heteroatoms. The Labute approximate surface area is 134 Å². The molecule has 1 N–H and O–H groups in total. The van der Waals surface area contributed by atoms with Gasteiger partial charge in [-0.25, -0.2) is 0 Å². The average Bonchev–Trinajstić information content (AvgIpc) is 2.72. The number of nitrogens with one attached hydrogen (secondary N) is 1. The van der Waals surface area contributed by atoms with E-state index in [0.717, 1.165) is 12.1 Å². The van der Waals surface area contributed by atoms with E-state index in [1.807, 2.05) is 0 Å². The van der Waals surface area contributed by atoms with Gasteiger partial charge in [0.25, 0.3) is 5.91 Å². The van der Waals surface area contributed by atoms with Gasteiger partial charge in [-0.15, -0.1) is 0 Å². The van der Waals surface area contributed by atoms with Crippen molar-refractivity contribution in [3.05, 3.63) is 35.5 Å². The van der Waals surface area contributed by atoms with Gasteiger partial charge in [-0.05, 0) is 42.9 Å². The second kappa shape index (κ2) is 6.53. The molecule has 0 spiro atoms. The minimum Gasteiger partial charge on any atom is -0.428 e. The quantitative estimate of drug-likeness (QED) is 0.505. The Morgan fingerprint density at radius 2 is 2.13 bits per heavy atom. The first-order valence-electron chi connectivity index (χ1n) is 6.54. The third-order valence-electron chi connectivity index (χ3n) is 2.96. The molecular formula is C14H12F4N2O2S. The number of thiocarbonyl (C=S) groups is 1. The average molecular weight is 348 g/mol. The molecule has 0 atom stereocenters. The van der Waals surface area contributed by atoms with Gasteiger partial charge in [0, 0.05) is 6.54 Å². The first-order chi connectivity index (χ1) is 10.7. The minimum absolute atomic E-state index is 0.162. The van der Waals surface area contributed by atoms with Crippen molar-refractivity contribution in [2.75, 3.05) is 6.54 Å². The molecule has 0 saturated carbocycles. The van der Waals surface area contributed by atoms with Gasteiger partial charge in [-0.3, -0.25) is 9.69 Å². The van der Waals surface area contributed by atoms with Crippen LogP contribution in [-0.4, -0.2) is 35.0 Å². The van der Waals surface area contributed by atoms with Crippen LogP contribution in [0.25, 0.3) is 6.08 Å². The highest BCUT2D eigenvalue weighted by molar-refractivity contribution is 7.80. The van der Waals surface area contributed by atoms with Gasteiger partial charge in [0.15, 0.2) is 5.11 Å². The van der Waals surface area contributed by atoms with E-state index in [4.69, 9.17) is 12.2 Å². The molecule has 0 radical (unpaired) electrons. The predicted molar refractivity (Wildman–Crippen MR) is 79.1 cm³/mol. The monoisotopic (exact) mass is 348 g/mol. The molecule has 0 unspecified atom stereocenters. The zero-order chi connectivity index (χ0) is 17.2. The number of hydrogen-bond acceptors (Lipinski definition) is 3. The molecule has 0 aromatic heterocycles. The lowest BCUT2D eigenvalue weighted by Crippen LogP contribution is -2.33. The second-order valence-electron chi connectivity index (χ2n) is 4.57. The first kappa shape index (κ1) is 17.2. The van der Waals surface area contributed by atoms with Crippen molar-refractivity contribution in [1.29, 1.82) is 0 Å². The van der Waals surface area contributed by atoms with E-state index in [-0.39, 0.29) is 16.7 Å². The van der Waals surface area contributed by atoms with Crippen LogP contribution in [-0.2, 0) is 4.79 Å². The smallest absolute Gasteiger partial charge is 0.428 e. The van der Waals surface area contributed by atoms with Gasteiger partial charge < -0.3 is 10.1 Å². The van der Waals surface area contributed by atoms with Crippen LogP contribution in [0.4, 0.5) is 17.6 Å². The molecule has 1 amide bonds. The zero-order valence-corrected chi connectivity index (χ0v) is 12.7. The largest absolute Gasteiger partial charge is 0.461 e. The topological polar surface area (TPSA) is 41.6 Å². The van der Waals surface area contributed by atoms with E-state index in [2.05, 4.69) is 10.1 Å². The summed E-state index contributed by atoms with van der Waals surface area (Å²) in [5.74, 6) is -0.799. The molecule has 1 aromatic rings. The van der Waals surface area contributed by atoms with Gasteiger partial charge in [-0.1, -0.05) is 12.1 Å². The first-order valence-corrected chi connectivity index (χ1v) is 6.95. The Morgan fingerprint density at radius 1 is 1.43 bits per heavy atom. The van der Waals surface area contributed by atoms with Crippen molar-refractivity contribution in [1.82, 2.24) is 10.2 Å². The van der Waals surface area contributed by atoms with Crippen LogP contribution in [0, 0.1) is 0 Å². The van der Waals surface area contributed by atoms with E-state index in [1.54, 1.807) is 6.92 Å². The third-order valence-corrected chi connectivity index (χ3v) is 3.28. The third kappa shape index (κ3) is 3.79. The summed E-state index contributed by atoms with van der Waals surface area (Å²) >= 11 is 4.98. The zero-order valence-electron chi connectivity index (χ0n) is 11.9. The number of alkyl halides is 4. The molecule has 4 nitrogen and oxygen atoms in total. The maximum absolute atomic E-state index is 12.9. The molecule has 1 saturated heterocycles. The summed E-state index contributed by atoms with van der Waals surface area (Å²) in [6.45, 7) is 2.13. The van der Waals surface area contributed by atoms with Gasteiger partial charge in [0.05, 0.1) is 0 Å². The van der Waals surface area contributed by atoms with E-state index < -0.39 is 18.3 Å². The summed E-state index contributed by atoms with van der Waals surface area (Å²) in [7, 11) is 0. The summed E-state index contributed by atoms with van der Waals surface area (Å²) in [4.78, 5) is 13.3. The van der Waals surface area contributed by atoms with Crippen molar-refractivity contribution in [2.24, 2.45) is 0 Å². The number of hydrogen-bond donors (Lipinski definition) is 1. The van der Waals surface area contributed by atoms with Crippen LogP contribution in [0.15, 0.2) is 30.0 Å². The fourth-order valence-corrected chi connectivity index (χ4v) is 2.22. The van der Waals surface area contributed by atoms with Crippen LogP contribution in [0.3, 0.4) is 0 Å². The number of rotatable bonds is 5. The number of halogens is 4. The molecule has 1 aliphatic heterocycles. The number of benzene rings is 1. The fourth-order valence-electron chi connectivity index (χ4n) is 1.89. The van der Waals surface area contributed by atoms with Gasteiger partial charge in [-0.2, -0.15) is 17.6 Å². The maximum atomic E-state index is 12.9. The molecule has 1 aliphatic rings. The summed E-state index contributed by atoms with van der Waals surface area (Å²) in [5.41, 5.74) is 0.485. The predicted octanol–water partition coefficient (Wildman–Crippen LogP) is 3.00. The van der Waals surface area contributed by atoms with Crippen molar-refractivity contribution < 1.29 is 27.1 Å². The van der Waals surface area contributed by atoms with E-state index in [1.165, 1.54) is 23.1 Å². The lowest BCUT2D eigenvalue weighted by atomic mass is 10.2. The van der Waals surface area contributed by atoms with Crippen LogP contribution < -0.4 is 10.1 Å². The molecule has 124 valence electrons. The standard InChI is InChI=1S/C14H12F4N2O2S/c1-2-20-11(21)10(19-13(20)23)7-8-4-3-5-9(6-8)22-14(17,18)12(15)16/h3-7,12H,2H2,1H3,(H,19,23)/b10-7+. The highest BCUT2D eigenvalue weighted by Crippen LogP contribution is 2.28. The Balaban J connectivity index is 2.23. The molecule has 1 aromatic carbocycles. The maximum Gasteiger partial charge on any atom is 0.461 e. The summed E-state index contributed by atoms with van der Waals surface area (Å²) in [5, 5.41) is 2.94. The Hall–Kier alpha value is -2.16. The van der Waals surface area contributed by atoms with E-state index in [0.29, 0.717) is 12.1 Å². The number of likely N-dealkylation sites (N-methyl/N-ethyl adjacent to an activating group) is 1. The fraction of sp³-hybridized carbons (Fsp3) is 0.286. The van der Waals surface area contributed by atoms with Crippen molar-refractivity contribution in [3.8, 4) is 5.75 Å². The Morgan fingerprint density at radius 3 is 2.70 bits per heavy atom. The van der Waals surface area contributed by atoms with E-state index >= 15 is 0 Å². The van der Waals surface area contributed by atoms with Crippen molar-refractivity contribution in [3.63, 3.8) is 0 Å². The lowest BCUT2D eigenvalue weighted by molar-refractivity contribution is -0.253. The van der Waals surface area contributed by atoms with Crippen LogP contribution in [0.2, 0.25) is 0 Å². The van der Waals surface area contributed by atoms with E-state index in [9.17, 15) is 22.4 Å². The minimum atomic E-state index is -4.59. The summed E-state index contributed by atoms with van der Waals surface area (Å²) in [6, 6.07) is 5.09. The number of carbonyl (C=O) groups excluding carboxylic acids is 1. The van der Waals surface area contributed by atoms with Crippen molar-refractivity contribution >= 4 is 29.3 Å². The number of nitrogens with zero attached hydrogens (tertiary/aromatic N) is 1. The highest BCUT2D eigenvalue weighted by Gasteiger charge is 2.44. The summed E-state index contributed by atoms with van der Waals surface area (Å²) in [6.07, 6.45) is -7.16. The van der Waals surface area contributed by atoms with Gasteiger partial charge in [0.1, 0.15) is 11.4 Å². The molecule has 0 aliphatic carbocycles. The summed E-state index contributed by atoms with van der Waals surface area (Å²) < 4.78 is 54.1. The SMILES string of the molecule is CCN1C(=O)/C(=C\c2cccc(OC(F)(F)C(F)F)c2)NC1=S. The van der Waals surface area contributed by atoms with Crippen LogP contribution in [0.5, 0.6) is 5.75 Å². The normalized spacial score (nSPS) is 17.1. The second-order valence-corrected chi connectivity index (χ2v) is 4.96. The molecular weight excluding hydrogens is 336 g/mol. The van der Waals surface area contributed by atoms with Gasteiger partial charge >= 0.3 is 12.5 Å². The molecule has 23 heavy (non-hydrogen) atoms. The molecule has 2 rings (SSSR count). The highest BCUT2D eigenvalue weighted by atomic mass is 32.1. The number of amides is 1. The molecule has 1 fully saturated rings. The van der Waals surface area contributed by atoms with Crippen LogP contribution >= 0.6 is 12.2 Å². The number of carbonyl (C=O) groups is 1. The van der Waals surface area contributed by atoms with Crippen LogP contribution in [0.1, 0.15) is 12.5 Å². The molecule has 0 bridgehead atoms. The lowest BCUT2D eigenvalue weighted by Gasteiger charge is -2.16. The van der Waals surface area contributed by atoms with Gasteiger partial charge in [0.2, 0.25) is 0 Å². The van der Waals surface area contributed by atoms with Crippen molar-refractivity contribution in [2.45, 2.75) is 19.5 Å². The molecule has 1 heterocycles. The number of ether oxygens (including phenoxy) is 1.